The van der Waals surface area contributed by atoms with Crippen LogP contribution in [0.25, 0.3) is 10.2 Å². The number of hydrogen-bond donors (Lipinski definition) is 4. The number of aromatic nitrogens is 1. The molecular formula is C33H38N6O7S2. The van der Waals surface area contributed by atoms with Gasteiger partial charge in [0.2, 0.25) is 15.9 Å². The van der Waals surface area contributed by atoms with Gasteiger partial charge in [-0.1, -0.05) is 50.2 Å². The number of fused-ring (bicyclic) bond motifs is 1. The number of hydrogen-bond acceptors (Lipinski definition) is 9. The molecule has 1 aromatic heterocycles. The van der Waals surface area contributed by atoms with Gasteiger partial charge in [0.1, 0.15) is 6.04 Å². The van der Waals surface area contributed by atoms with Crippen LogP contribution in [0.1, 0.15) is 19.4 Å². The van der Waals surface area contributed by atoms with Gasteiger partial charge in [0.15, 0.2) is 0 Å². The molecule has 4 N–H and O–H groups in total. The van der Waals surface area contributed by atoms with Crippen molar-refractivity contribution in [1.82, 2.24) is 19.9 Å². The number of amides is 4. The van der Waals surface area contributed by atoms with Crippen LogP contribution < -0.4 is 20.9 Å². The number of ether oxygens (including phenoxy) is 1. The molecule has 0 spiro atoms. The summed E-state index contributed by atoms with van der Waals surface area (Å²) in [6.45, 7) is 3.63. The maximum Gasteiger partial charge on any atom is 0.411 e. The number of urea groups is 1. The van der Waals surface area contributed by atoms with Gasteiger partial charge >= 0.3 is 12.1 Å². The molecule has 5 rings (SSSR count). The van der Waals surface area contributed by atoms with Crippen molar-refractivity contribution in [3.05, 3.63) is 83.9 Å². The number of benzene rings is 3. The van der Waals surface area contributed by atoms with E-state index in [9.17, 15) is 27.9 Å². The first-order valence-corrected chi connectivity index (χ1v) is 17.7. The number of carbonyl (C=O) groups is 3. The maximum absolute atomic E-state index is 13.9. The quantitative estimate of drug-likeness (QED) is 0.164. The smallest absolute Gasteiger partial charge is 0.411 e. The summed E-state index contributed by atoms with van der Waals surface area (Å²) in [6.07, 6.45) is -1.76. The largest absolute Gasteiger partial charge is 0.453 e. The van der Waals surface area contributed by atoms with E-state index in [-0.39, 0.29) is 36.9 Å². The highest BCUT2D eigenvalue weighted by atomic mass is 32.2. The van der Waals surface area contributed by atoms with E-state index in [0.717, 1.165) is 10.3 Å². The Labute approximate surface area is 283 Å². The van der Waals surface area contributed by atoms with Gasteiger partial charge in [-0.15, -0.1) is 11.3 Å². The summed E-state index contributed by atoms with van der Waals surface area (Å²) >= 11 is 1.34. The molecule has 15 heteroatoms. The Balaban J connectivity index is 1.35. The van der Waals surface area contributed by atoms with Crippen molar-refractivity contribution in [2.45, 2.75) is 43.4 Å². The average Bonchev–Trinajstić information content (AvgIpc) is 3.70. The third-order valence-electron chi connectivity index (χ3n) is 7.80. The molecular weight excluding hydrogens is 657 g/mol. The zero-order chi connectivity index (χ0) is 34.4. The van der Waals surface area contributed by atoms with Crippen molar-refractivity contribution in [1.29, 1.82) is 0 Å². The number of aliphatic hydroxyl groups is 1. The Morgan fingerprint density at radius 1 is 1.10 bits per heavy atom. The summed E-state index contributed by atoms with van der Waals surface area (Å²) in [5.74, 6) is -0.592. The predicted octanol–water partition coefficient (Wildman–Crippen LogP) is 3.81. The van der Waals surface area contributed by atoms with Gasteiger partial charge in [-0.05, 0) is 54.3 Å². The summed E-state index contributed by atoms with van der Waals surface area (Å²) in [6, 6.07) is 18.1. The molecule has 0 aliphatic carbocycles. The normalized spacial score (nSPS) is 16.2. The van der Waals surface area contributed by atoms with Gasteiger partial charge in [0, 0.05) is 24.5 Å². The molecule has 1 saturated heterocycles. The number of thiazole rings is 1. The first kappa shape index (κ1) is 34.8. The molecule has 3 atom stereocenters. The van der Waals surface area contributed by atoms with E-state index in [2.05, 4.69) is 25.7 Å². The Morgan fingerprint density at radius 2 is 1.88 bits per heavy atom. The van der Waals surface area contributed by atoms with Crippen molar-refractivity contribution in [3.8, 4) is 0 Å². The Kier molecular flexibility index (Phi) is 10.9. The van der Waals surface area contributed by atoms with Gasteiger partial charge in [-0.3, -0.25) is 15.0 Å². The highest BCUT2D eigenvalue weighted by molar-refractivity contribution is 7.89. The number of carbonyl (C=O) groups excluding carboxylic acids is 3. The summed E-state index contributed by atoms with van der Waals surface area (Å²) in [5, 5.41) is 19.7. The van der Waals surface area contributed by atoms with Crippen LogP contribution in [0.2, 0.25) is 0 Å². The van der Waals surface area contributed by atoms with Gasteiger partial charge in [0.05, 0.1) is 46.4 Å². The lowest BCUT2D eigenvalue weighted by atomic mass is 10.0. The molecule has 3 aromatic carbocycles. The van der Waals surface area contributed by atoms with E-state index in [1.54, 1.807) is 41.9 Å². The Hall–Kier alpha value is -4.57. The van der Waals surface area contributed by atoms with Crippen LogP contribution >= 0.6 is 11.3 Å². The molecule has 4 amide bonds. The van der Waals surface area contributed by atoms with Crippen molar-refractivity contribution >= 4 is 61.0 Å². The SMILES string of the molecule is COC(=O)Nc1cccc(N2C[C@@H](C(=O)N[C@@H](Cc3ccccc3)[C@H](O)CN(CC(C)C)S(=O)(=O)c3ccc4ncsc4c3)NC2=O)c1. The molecule has 0 radical (unpaired) electrons. The van der Waals surface area contributed by atoms with Crippen LogP contribution in [-0.4, -0.2) is 85.8 Å². The zero-order valence-corrected chi connectivity index (χ0v) is 28.3. The van der Waals surface area contributed by atoms with Crippen LogP contribution in [0.4, 0.5) is 21.0 Å². The standard InChI is InChI=1S/C33H38N6O7S2/c1-21(2)17-38(48(44,45)25-12-13-26-30(16-25)47-20-34-26)19-29(40)27(14-22-8-5-4-6-9-22)36-31(41)28-18-39(32(42)37-28)24-11-7-10-23(15-24)35-33(43)46-3/h4-13,15-16,20-21,27-29,40H,14,17-19H2,1-3H3,(H,35,43)(H,36,41)(H,37,42)/t27-,28-,29+/m0/s1. The highest BCUT2D eigenvalue weighted by Crippen LogP contribution is 2.26. The van der Waals surface area contributed by atoms with E-state index >= 15 is 0 Å². The summed E-state index contributed by atoms with van der Waals surface area (Å²) < 4.78 is 34.4. The lowest BCUT2D eigenvalue weighted by Crippen LogP contribution is -2.54. The van der Waals surface area contributed by atoms with Crippen LogP contribution in [0.15, 0.2) is 83.2 Å². The number of nitrogens with one attached hydrogen (secondary N) is 3. The molecule has 13 nitrogen and oxygen atoms in total. The third-order valence-corrected chi connectivity index (χ3v) is 10.4. The van der Waals surface area contributed by atoms with E-state index in [1.165, 1.54) is 33.7 Å². The summed E-state index contributed by atoms with van der Waals surface area (Å²) in [5.41, 5.74) is 4.02. The maximum atomic E-state index is 13.9. The van der Waals surface area contributed by atoms with Crippen LogP contribution in [0.5, 0.6) is 0 Å². The second-order valence-corrected chi connectivity index (χ2v) is 14.7. The molecule has 2 heterocycles. The fourth-order valence-electron chi connectivity index (χ4n) is 5.42. The van der Waals surface area contributed by atoms with Crippen LogP contribution in [0.3, 0.4) is 0 Å². The number of aliphatic hydroxyl groups excluding tert-OH is 1. The van der Waals surface area contributed by atoms with Crippen molar-refractivity contribution in [2.24, 2.45) is 5.92 Å². The van der Waals surface area contributed by atoms with Crippen molar-refractivity contribution in [2.75, 3.05) is 37.0 Å². The van der Waals surface area contributed by atoms with Gasteiger partial charge in [-0.2, -0.15) is 4.31 Å². The molecule has 1 aliphatic rings. The number of nitrogens with zero attached hydrogens (tertiary/aromatic N) is 3. The minimum atomic E-state index is -4.03. The lowest BCUT2D eigenvalue weighted by Gasteiger charge is -2.31. The third kappa shape index (κ3) is 8.28. The molecule has 48 heavy (non-hydrogen) atoms. The van der Waals surface area contributed by atoms with E-state index in [1.807, 2.05) is 44.2 Å². The summed E-state index contributed by atoms with van der Waals surface area (Å²) in [7, 11) is -2.79. The molecule has 1 aliphatic heterocycles. The fraction of sp³-hybridized carbons (Fsp3) is 0.333. The Morgan fingerprint density at radius 3 is 2.60 bits per heavy atom. The zero-order valence-electron chi connectivity index (χ0n) is 26.7. The predicted molar refractivity (Wildman–Crippen MR) is 183 cm³/mol. The first-order chi connectivity index (χ1) is 22.9. The highest BCUT2D eigenvalue weighted by Gasteiger charge is 2.37. The van der Waals surface area contributed by atoms with Crippen molar-refractivity contribution in [3.63, 3.8) is 0 Å². The molecule has 254 valence electrons. The second-order valence-electron chi connectivity index (χ2n) is 11.8. The molecule has 0 unspecified atom stereocenters. The van der Waals surface area contributed by atoms with Crippen LogP contribution in [0, 0.1) is 5.92 Å². The number of anilines is 2. The number of rotatable bonds is 13. The lowest BCUT2D eigenvalue weighted by molar-refractivity contribution is -0.124. The minimum Gasteiger partial charge on any atom is -0.453 e. The van der Waals surface area contributed by atoms with Gasteiger partial charge < -0.3 is 20.5 Å². The average molecular weight is 695 g/mol. The fourth-order valence-corrected chi connectivity index (χ4v) is 7.86. The van der Waals surface area contributed by atoms with Gasteiger partial charge in [0.25, 0.3) is 0 Å². The van der Waals surface area contributed by atoms with E-state index in [0.29, 0.717) is 16.9 Å². The minimum absolute atomic E-state index is 0.0194. The van der Waals surface area contributed by atoms with Gasteiger partial charge in [-0.25, -0.2) is 23.0 Å². The van der Waals surface area contributed by atoms with E-state index < -0.39 is 46.2 Å². The topological polar surface area (TPSA) is 170 Å². The van der Waals surface area contributed by atoms with Crippen LogP contribution in [-0.2, 0) is 26.0 Å². The van der Waals surface area contributed by atoms with Crippen molar-refractivity contribution < 1.29 is 32.6 Å². The molecule has 0 saturated carbocycles. The summed E-state index contributed by atoms with van der Waals surface area (Å²) in [4.78, 5) is 43.9. The number of methoxy groups -OCH3 is 1. The monoisotopic (exact) mass is 694 g/mol. The molecule has 0 bridgehead atoms. The Bertz CT molecular complexity index is 1870. The first-order valence-electron chi connectivity index (χ1n) is 15.3. The molecule has 1 fully saturated rings. The molecule has 4 aromatic rings. The van der Waals surface area contributed by atoms with E-state index in [4.69, 9.17) is 0 Å². The number of sulfonamides is 1. The second kappa shape index (κ2) is 15.1.